The van der Waals surface area contributed by atoms with Crippen molar-refractivity contribution in [1.29, 1.82) is 5.26 Å². The van der Waals surface area contributed by atoms with Crippen molar-refractivity contribution in [2.45, 2.75) is 19.8 Å². The highest BCUT2D eigenvalue weighted by Crippen LogP contribution is 2.18. The Kier molecular flexibility index (Phi) is 6.12. The zero-order valence-corrected chi connectivity index (χ0v) is 15.9. The van der Waals surface area contributed by atoms with Gasteiger partial charge in [-0.2, -0.15) is 5.26 Å². The van der Waals surface area contributed by atoms with Gasteiger partial charge in [0, 0.05) is 45.0 Å². The summed E-state index contributed by atoms with van der Waals surface area (Å²) in [7, 11) is 2.21. The maximum atomic E-state index is 12.5. The van der Waals surface area contributed by atoms with Gasteiger partial charge in [-0.1, -0.05) is 6.07 Å². The van der Waals surface area contributed by atoms with Crippen molar-refractivity contribution in [2.75, 3.05) is 58.2 Å². The zero-order chi connectivity index (χ0) is 18.5. The van der Waals surface area contributed by atoms with Gasteiger partial charge in [-0.15, -0.1) is 0 Å². The van der Waals surface area contributed by atoms with Crippen molar-refractivity contribution in [2.24, 2.45) is 5.92 Å². The molecular weight excluding hydrogens is 326 g/mol. The van der Waals surface area contributed by atoms with Crippen LogP contribution in [0.4, 0.5) is 10.5 Å². The number of piperidine rings is 1. The van der Waals surface area contributed by atoms with E-state index in [1.165, 1.54) is 25.9 Å². The van der Waals surface area contributed by atoms with Crippen LogP contribution in [-0.2, 0) is 0 Å². The standard InChI is InChI=1S/C20H29N5O/c1-16-5-6-19(12-18(16)13-21)22-20(26)25-10-8-24(9-11-25)15-17-4-3-7-23(2)14-17/h5-6,12,17H,3-4,7-11,14-15H2,1-2H3,(H,22,26). The number of urea groups is 1. The molecule has 2 heterocycles. The van der Waals surface area contributed by atoms with Crippen molar-refractivity contribution >= 4 is 11.7 Å². The lowest BCUT2D eigenvalue weighted by atomic mass is 9.97. The van der Waals surface area contributed by atoms with Crippen LogP contribution in [0.25, 0.3) is 0 Å². The number of benzene rings is 1. The number of rotatable bonds is 3. The highest BCUT2D eigenvalue weighted by Gasteiger charge is 2.25. The van der Waals surface area contributed by atoms with E-state index in [1.54, 1.807) is 6.07 Å². The van der Waals surface area contributed by atoms with E-state index in [4.69, 9.17) is 5.26 Å². The third kappa shape index (κ3) is 4.75. The van der Waals surface area contributed by atoms with Gasteiger partial charge in [0.2, 0.25) is 0 Å². The highest BCUT2D eigenvalue weighted by atomic mass is 16.2. The minimum absolute atomic E-state index is 0.0743. The fourth-order valence-electron chi connectivity index (χ4n) is 3.94. The first-order valence-electron chi connectivity index (χ1n) is 9.52. The lowest BCUT2D eigenvalue weighted by molar-refractivity contribution is 0.109. The summed E-state index contributed by atoms with van der Waals surface area (Å²) in [5, 5.41) is 12.1. The van der Waals surface area contributed by atoms with Crippen molar-refractivity contribution in [3.63, 3.8) is 0 Å². The molecule has 2 fully saturated rings. The summed E-state index contributed by atoms with van der Waals surface area (Å²) in [6.45, 7) is 8.83. The van der Waals surface area contributed by atoms with E-state index in [2.05, 4.69) is 28.2 Å². The zero-order valence-electron chi connectivity index (χ0n) is 15.9. The predicted molar refractivity (Wildman–Crippen MR) is 103 cm³/mol. The minimum Gasteiger partial charge on any atom is -0.322 e. The van der Waals surface area contributed by atoms with Gasteiger partial charge in [0.15, 0.2) is 0 Å². The Morgan fingerprint density at radius 1 is 1.27 bits per heavy atom. The molecule has 1 aromatic rings. The van der Waals surface area contributed by atoms with Gasteiger partial charge in [0.25, 0.3) is 0 Å². The van der Waals surface area contributed by atoms with Crippen LogP contribution in [0.3, 0.4) is 0 Å². The first-order chi connectivity index (χ1) is 12.5. The minimum atomic E-state index is -0.0743. The van der Waals surface area contributed by atoms with Gasteiger partial charge < -0.3 is 15.1 Å². The van der Waals surface area contributed by atoms with E-state index >= 15 is 0 Å². The summed E-state index contributed by atoms with van der Waals surface area (Å²) in [6, 6.07) is 7.55. The van der Waals surface area contributed by atoms with E-state index in [0.29, 0.717) is 11.3 Å². The third-order valence-electron chi connectivity index (χ3n) is 5.51. The Labute approximate surface area is 156 Å². The molecule has 1 N–H and O–H groups in total. The van der Waals surface area contributed by atoms with Crippen LogP contribution in [-0.4, -0.2) is 73.6 Å². The monoisotopic (exact) mass is 355 g/mol. The number of likely N-dealkylation sites (tertiary alicyclic amines) is 1. The molecule has 1 aromatic carbocycles. The molecule has 2 saturated heterocycles. The fourth-order valence-corrected chi connectivity index (χ4v) is 3.94. The van der Waals surface area contributed by atoms with Crippen LogP contribution in [0.2, 0.25) is 0 Å². The van der Waals surface area contributed by atoms with Crippen molar-refractivity contribution in [3.8, 4) is 6.07 Å². The van der Waals surface area contributed by atoms with E-state index < -0.39 is 0 Å². The SMILES string of the molecule is Cc1ccc(NC(=O)N2CCN(CC3CCCN(C)C3)CC2)cc1C#N. The van der Waals surface area contributed by atoms with Gasteiger partial charge in [-0.3, -0.25) is 4.90 Å². The van der Waals surface area contributed by atoms with Gasteiger partial charge in [0.05, 0.1) is 11.6 Å². The number of piperazine rings is 1. The van der Waals surface area contributed by atoms with Crippen LogP contribution in [0.1, 0.15) is 24.0 Å². The molecule has 26 heavy (non-hydrogen) atoms. The summed E-state index contributed by atoms with van der Waals surface area (Å²) in [4.78, 5) is 19.3. The molecule has 0 spiro atoms. The number of anilines is 1. The molecule has 0 radical (unpaired) electrons. The first kappa shape index (κ1) is 18.7. The van der Waals surface area contributed by atoms with Crippen molar-refractivity contribution < 1.29 is 4.79 Å². The summed E-state index contributed by atoms with van der Waals surface area (Å²) >= 11 is 0. The molecule has 0 bridgehead atoms. The second-order valence-electron chi connectivity index (χ2n) is 7.63. The number of nitrogens with zero attached hydrogens (tertiary/aromatic N) is 4. The average Bonchev–Trinajstić information content (AvgIpc) is 2.64. The number of hydrogen-bond acceptors (Lipinski definition) is 4. The molecule has 0 aromatic heterocycles. The molecule has 2 aliphatic heterocycles. The van der Waals surface area contributed by atoms with Crippen molar-refractivity contribution in [3.05, 3.63) is 29.3 Å². The Hall–Kier alpha value is -2.10. The number of nitriles is 1. The summed E-state index contributed by atoms with van der Waals surface area (Å²) in [5.41, 5.74) is 2.21. The van der Waals surface area contributed by atoms with E-state index in [0.717, 1.165) is 44.2 Å². The van der Waals surface area contributed by atoms with Crippen LogP contribution in [0, 0.1) is 24.2 Å². The fraction of sp³-hybridized carbons (Fsp3) is 0.600. The molecule has 0 aliphatic carbocycles. The normalized spacial score (nSPS) is 22.0. The summed E-state index contributed by atoms with van der Waals surface area (Å²) in [5.74, 6) is 0.756. The van der Waals surface area contributed by atoms with Crippen LogP contribution >= 0.6 is 0 Å². The molecule has 6 nitrogen and oxygen atoms in total. The molecule has 2 amide bonds. The molecular formula is C20H29N5O. The molecule has 6 heteroatoms. The van der Waals surface area contributed by atoms with E-state index in [9.17, 15) is 4.79 Å². The van der Waals surface area contributed by atoms with Gasteiger partial charge in [-0.25, -0.2) is 4.79 Å². The molecule has 0 saturated carbocycles. The number of aryl methyl sites for hydroxylation is 1. The molecule has 3 rings (SSSR count). The van der Waals surface area contributed by atoms with E-state index in [-0.39, 0.29) is 6.03 Å². The van der Waals surface area contributed by atoms with E-state index in [1.807, 2.05) is 24.0 Å². The van der Waals surface area contributed by atoms with Crippen molar-refractivity contribution in [1.82, 2.24) is 14.7 Å². The summed E-state index contributed by atoms with van der Waals surface area (Å²) in [6.07, 6.45) is 2.62. The second kappa shape index (κ2) is 8.52. The Morgan fingerprint density at radius 3 is 2.73 bits per heavy atom. The third-order valence-corrected chi connectivity index (χ3v) is 5.51. The first-order valence-corrected chi connectivity index (χ1v) is 9.52. The molecule has 140 valence electrons. The lowest BCUT2D eigenvalue weighted by Crippen LogP contribution is -2.51. The number of nitrogens with one attached hydrogen (secondary N) is 1. The number of amides is 2. The van der Waals surface area contributed by atoms with Gasteiger partial charge in [-0.05, 0) is 57.0 Å². The van der Waals surface area contributed by atoms with Gasteiger partial charge in [0.1, 0.15) is 0 Å². The summed E-state index contributed by atoms with van der Waals surface area (Å²) < 4.78 is 0. The highest BCUT2D eigenvalue weighted by molar-refractivity contribution is 5.89. The van der Waals surface area contributed by atoms with Crippen LogP contribution in [0.15, 0.2) is 18.2 Å². The number of carbonyl (C=O) groups excluding carboxylic acids is 1. The Morgan fingerprint density at radius 2 is 2.04 bits per heavy atom. The molecule has 1 atom stereocenters. The molecule has 1 unspecified atom stereocenters. The van der Waals surface area contributed by atoms with Gasteiger partial charge >= 0.3 is 6.03 Å². The lowest BCUT2D eigenvalue weighted by Gasteiger charge is -2.38. The predicted octanol–water partition coefficient (Wildman–Crippen LogP) is 2.36. The topological polar surface area (TPSA) is 62.6 Å². The Bertz CT molecular complexity index is 675. The van der Waals surface area contributed by atoms with Crippen LogP contribution in [0.5, 0.6) is 0 Å². The largest absolute Gasteiger partial charge is 0.322 e. The smallest absolute Gasteiger partial charge is 0.321 e. The quantitative estimate of drug-likeness (QED) is 0.904. The van der Waals surface area contributed by atoms with Crippen LogP contribution < -0.4 is 5.32 Å². The Balaban J connectivity index is 1.47. The maximum Gasteiger partial charge on any atom is 0.321 e. The molecule has 2 aliphatic rings. The average molecular weight is 355 g/mol. The number of hydrogen-bond donors (Lipinski definition) is 1. The maximum absolute atomic E-state index is 12.5. The second-order valence-corrected chi connectivity index (χ2v) is 7.63. The number of carbonyl (C=O) groups is 1.